The number of fused-ring (bicyclic) bond motifs is 1. The summed E-state index contributed by atoms with van der Waals surface area (Å²) in [6, 6.07) is 3.28. The molecule has 0 saturated heterocycles. The molecule has 1 aliphatic rings. The second-order valence-electron chi connectivity index (χ2n) is 4.15. The second-order valence-corrected chi connectivity index (χ2v) is 4.15. The van der Waals surface area contributed by atoms with Crippen molar-refractivity contribution >= 4 is 11.8 Å². The number of methoxy groups -OCH3 is 2. The average molecular weight is 280 g/mol. The number of hydrogen-bond acceptors (Lipinski definition) is 6. The molecule has 0 N–H and O–H groups in total. The van der Waals surface area contributed by atoms with Crippen molar-refractivity contribution in [2.45, 2.75) is 19.4 Å². The molecule has 6 heteroatoms. The summed E-state index contributed by atoms with van der Waals surface area (Å²) in [5.41, 5.74) is 0.307. The number of carbonyl (C=O) groups excluding carboxylic acids is 2. The number of esters is 1. The van der Waals surface area contributed by atoms with E-state index in [1.165, 1.54) is 14.2 Å². The Kier molecular flexibility index (Phi) is 4.12. The number of ether oxygens (including phenoxy) is 4. The minimum atomic E-state index is -0.894. The van der Waals surface area contributed by atoms with Gasteiger partial charge in [0.25, 0.3) is 0 Å². The molecule has 0 fully saturated rings. The van der Waals surface area contributed by atoms with Gasteiger partial charge in [-0.05, 0) is 19.1 Å². The molecule has 1 aliphatic heterocycles. The standard InChI is InChI=1S/C14H16O6/c1-4-19-11(15)7-10-13(16)12-8(17-2)5-6-9(18-3)14(12)20-10/h5-6,10H,4,7H2,1-3H3. The maximum absolute atomic E-state index is 12.3. The van der Waals surface area contributed by atoms with Crippen molar-refractivity contribution in [3.8, 4) is 17.2 Å². The Morgan fingerprint density at radius 2 is 1.90 bits per heavy atom. The van der Waals surface area contributed by atoms with E-state index in [1.807, 2.05) is 0 Å². The Hall–Kier alpha value is -2.24. The van der Waals surface area contributed by atoms with E-state index < -0.39 is 12.1 Å². The van der Waals surface area contributed by atoms with Gasteiger partial charge in [0.2, 0.25) is 5.78 Å². The SMILES string of the molecule is CCOC(=O)CC1Oc2c(OC)ccc(OC)c2C1=O. The van der Waals surface area contributed by atoms with E-state index in [0.29, 0.717) is 22.8 Å². The molecule has 108 valence electrons. The van der Waals surface area contributed by atoms with Crippen molar-refractivity contribution in [2.24, 2.45) is 0 Å². The molecule has 1 unspecified atom stereocenters. The highest BCUT2D eigenvalue weighted by atomic mass is 16.5. The Morgan fingerprint density at radius 3 is 2.50 bits per heavy atom. The maximum atomic E-state index is 12.3. The van der Waals surface area contributed by atoms with Crippen molar-refractivity contribution in [2.75, 3.05) is 20.8 Å². The van der Waals surface area contributed by atoms with Crippen molar-refractivity contribution in [3.63, 3.8) is 0 Å². The number of Topliss-reactive ketones (excluding diaryl/α,β-unsaturated/α-hetero) is 1. The predicted molar refractivity (Wildman–Crippen MR) is 69.5 cm³/mol. The van der Waals surface area contributed by atoms with Crippen LogP contribution in [0.15, 0.2) is 12.1 Å². The molecule has 0 bridgehead atoms. The van der Waals surface area contributed by atoms with Gasteiger partial charge in [-0.2, -0.15) is 0 Å². The Morgan fingerprint density at radius 1 is 1.25 bits per heavy atom. The summed E-state index contributed by atoms with van der Waals surface area (Å²) in [6.07, 6.45) is -1.03. The van der Waals surface area contributed by atoms with Crippen LogP contribution in [0.5, 0.6) is 17.2 Å². The zero-order chi connectivity index (χ0) is 14.7. The molecule has 0 amide bonds. The fraction of sp³-hybridized carbons (Fsp3) is 0.429. The van der Waals surface area contributed by atoms with Crippen LogP contribution in [0.25, 0.3) is 0 Å². The van der Waals surface area contributed by atoms with Crippen LogP contribution in [0.3, 0.4) is 0 Å². The zero-order valence-electron chi connectivity index (χ0n) is 11.6. The maximum Gasteiger partial charge on any atom is 0.310 e. The molecule has 1 heterocycles. The number of carbonyl (C=O) groups is 2. The van der Waals surface area contributed by atoms with Gasteiger partial charge in [-0.25, -0.2) is 0 Å². The average Bonchev–Trinajstić information content (AvgIpc) is 2.76. The molecule has 6 nitrogen and oxygen atoms in total. The first-order chi connectivity index (χ1) is 9.62. The van der Waals surface area contributed by atoms with Crippen LogP contribution in [0.2, 0.25) is 0 Å². The number of ketones is 1. The molecule has 1 aromatic rings. The van der Waals surface area contributed by atoms with Crippen molar-refractivity contribution in [1.82, 2.24) is 0 Å². The summed E-state index contributed by atoms with van der Waals surface area (Å²) in [7, 11) is 2.95. The molecule has 1 aromatic carbocycles. The van der Waals surface area contributed by atoms with Crippen molar-refractivity contribution in [3.05, 3.63) is 17.7 Å². The van der Waals surface area contributed by atoms with E-state index in [1.54, 1.807) is 19.1 Å². The molecular formula is C14H16O6. The molecule has 1 atom stereocenters. The van der Waals surface area contributed by atoms with Gasteiger partial charge in [0.1, 0.15) is 11.3 Å². The lowest BCUT2D eigenvalue weighted by molar-refractivity contribution is -0.144. The van der Waals surface area contributed by atoms with E-state index >= 15 is 0 Å². The molecule has 20 heavy (non-hydrogen) atoms. The fourth-order valence-corrected chi connectivity index (χ4v) is 2.09. The van der Waals surface area contributed by atoms with Gasteiger partial charge in [-0.1, -0.05) is 0 Å². The molecule has 0 saturated carbocycles. The summed E-state index contributed by atoms with van der Waals surface area (Å²) >= 11 is 0. The highest BCUT2D eigenvalue weighted by Crippen LogP contribution is 2.43. The van der Waals surface area contributed by atoms with E-state index in [-0.39, 0.29) is 18.8 Å². The van der Waals surface area contributed by atoms with Gasteiger partial charge in [0, 0.05) is 0 Å². The largest absolute Gasteiger partial charge is 0.496 e. The first kappa shape index (κ1) is 14.2. The van der Waals surface area contributed by atoms with E-state index in [9.17, 15) is 9.59 Å². The smallest absolute Gasteiger partial charge is 0.310 e. The number of benzene rings is 1. The van der Waals surface area contributed by atoms with Crippen LogP contribution >= 0.6 is 0 Å². The lowest BCUT2D eigenvalue weighted by atomic mass is 10.0. The van der Waals surface area contributed by atoms with E-state index in [4.69, 9.17) is 18.9 Å². The van der Waals surface area contributed by atoms with E-state index in [2.05, 4.69) is 0 Å². The Balaban J connectivity index is 2.29. The first-order valence-electron chi connectivity index (χ1n) is 6.23. The van der Waals surface area contributed by atoms with Gasteiger partial charge in [0.05, 0.1) is 27.2 Å². The summed E-state index contributed by atoms with van der Waals surface area (Å²) in [4.78, 5) is 23.8. The second kappa shape index (κ2) is 5.81. The molecular weight excluding hydrogens is 264 g/mol. The van der Waals surface area contributed by atoms with Crippen LogP contribution in [0, 0.1) is 0 Å². The van der Waals surface area contributed by atoms with Gasteiger partial charge >= 0.3 is 5.97 Å². The lowest BCUT2D eigenvalue weighted by Crippen LogP contribution is -2.25. The Bertz CT molecular complexity index is 537. The van der Waals surface area contributed by atoms with Gasteiger partial charge in [-0.3, -0.25) is 9.59 Å². The van der Waals surface area contributed by atoms with Gasteiger partial charge in [0.15, 0.2) is 17.6 Å². The predicted octanol–water partition coefficient (Wildman–Crippen LogP) is 1.60. The summed E-state index contributed by atoms with van der Waals surface area (Å²) in [5.74, 6) is 0.365. The molecule has 0 spiro atoms. The quantitative estimate of drug-likeness (QED) is 0.763. The molecule has 0 aromatic heterocycles. The first-order valence-corrected chi connectivity index (χ1v) is 6.23. The minimum absolute atomic E-state index is 0.131. The van der Waals surface area contributed by atoms with Crippen molar-refractivity contribution < 1.29 is 28.5 Å². The number of hydrogen-bond donors (Lipinski definition) is 0. The van der Waals surface area contributed by atoms with Crippen LogP contribution in [0.4, 0.5) is 0 Å². The van der Waals surface area contributed by atoms with Crippen LogP contribution in [0.1, 0.15) is 23.7 Å². The topological polar surface area (TPSA) is 71.1 Å². The minimum Gasteiger partial charge on any atom is -0.496 e. The van der Waals surface area contributed by atoms with Crippen LogP contribution in [-0.2, 0) is 9.53 Å². The normalized spacial score (nSPS) is 16.4. The third-order valence-corrected chi connectivity index (χ3v) is 2.98. The highest BCUT2D eigenvalue weighted by molar-refractivity contribution is 6.08. The third kappa shape index (κ3) is 2.41. The lowest BCUT2D eigenvalue weighted by Gasteiger charge is -2.10. The van der Waals surface area contributed by atoms with Crippen LogP contribution < -0.4 is 14.2 Å². The molecule has 0 radical (unpaired) electrons. The van der Waals surface area contributed by atoms with E-state index in [0.717, 1.165) is 0 Å². The Labute approximate surface area is 116 Å². The van der Waals surface area contributed by atoms with Crippen molar-refractivity contribution in [1.29, 1.82) is 0 Å². The zero-order valence-corrected chi connectivity index (χ0v) is 11.6. The number of rotatable bonds is 5. The summed E-state index contributed by atoms with van der Waals surface area (Å²) in [6.45, 7) is 1.97. The summed E-state index contributed by atoms with van der Waals surface area (Å²) in [5, 5.41) is 0. The third-order valence-electron chi connectivity index (χ3n) is 2.98. The van der Waals surface area contributed by atoms with Crippen LogP contribution in [-0.4, -0.2) is 38.7 Å². The highest BCUT2D eigenvalue weighted by Gasteiger charge is 2.39. The fourth-order valence-electron chi connectivity index (χ4n) is 2.09. The summed E-state index contributed by atoms with van der Waals surface area (Å²) < 4.78 is 20.7. The monoisotopic (exact) mass is 280 g/mol. The molecule has 2 rings (SSSR count). The van der Waals surface area contributed by atoms with Gasteiger partial charge in [-0.15, -0.1) is 0 Å². The molecule has 0 aliphatic carbocycles. The van der Waals surface area contributed by atoms with Gasteiger partial charge < -0.3 is 18.9 Å².